The molecule has 1 aliphatic heterocycles. The highest BCUT2D eigenvalue weighted by Crippen LogP contribution is 2.27. The van der Waals surface area contributed by atoms with Gasteiger partial charge in [0, 0.05) is 18.0 Å². The maximum Gasteiger partial charge on any atom is 0.262 e. The minimum atomic E-state index is -0.310. The van der Waals surface area contributed by atoms with E-state index in [1.54, 1.807) is 28.8 Å². The van der Waals surface area contributed by atoms with E-state index in [0.29, 0.717) is 28.9 Å². The minimum Gasteiger partial charge on any atom is -0.297 e. The Kier molecular flexibility index (Phi) is 5.77. The van der Waals surface area contributed by atoms with Crippen LogP contribution < -0.4 is 5.56 Å². The first-order valence-electron chi connectivity index (χ1n) is 10.5. The van der Waals surface area contributed by atoms with E-state index < -0.39 is 0 Å². The topological polar surface area (TPSA) is 75.5 Å². The van der Waals surface area contributed by atoms with Crippen LogP contribution in [-0.4, -0.2) is 50.8 Å². The van der Waals surface area contributed by atoms with Crippen molar-refractivity contribution < 1.29 is 9.59 Å². The van der Waals surface area contributed by atoms with Crippen LogP contribution in [0.3, 0.4) is 0 Å². The summed E-state index contributed by atoms with van der Waals surface area (Å²) in [7, 11) is 0. The monoisotopic (exact) mass is 438 g/mol. The molecule has 2 amide bonds. The summed E-state index contributed by atoms with van der Waals surface area (Å²) in [6.07, 6.45) is 0. The molecule has 0 saturated carbocycles. The number of nitrogens with zero attached hydrogens (tertiary/aromatic N) is 4. The van der Waals surface area contributed by atoms with E-state index in [2.05, 4.69) is 18.7 Å². The summed E-state index contributed by atoms with van der Waals surface area (Å²) < 4.78 is 1.64. The van der Waals surface area contributed by atoms with Crippen LogP contribution in [0.5, 0.6) is 0 Å². The minimum absolute atomic E-state index is 0.106. The summed E-state index contributed by atoms with van der Waals surface area (Å²) in [5, 5.41) is 0.633. The van der Waals surface area contributed by atoms with Crippen LogP contribution in [0.4, 0.5) is 0 Å². The predicted octanol–water partition coefficient (Wildman–Crippen LogP) is 3.21. The molecule has 0 saturated heterocycles. The molecule has 3 heterocycles. The second-order valence-corrected chi connectivity index (χ2v) is 8.92. The number of hydrogen-bond donors (Lipinski definition) is 0. The van der Waals surface area contributed by atoms with E-state index in [1.807, 2.05) is 13.8 Å². The Hall–Kier alpha value is -2.84. The lowest BCUT2D eigenvalue weighted by atomic mass is 10.1. The lowest BCUT2D eigenvalue weighted by molar-refractivity contribution is 0.0647. The molecule has 3 aromatic rings. The average Bonchev–Trinajstić information content (AvgIpc) is 3.19. The number of hydrogen-bond acceptors (Lipinski definition) is 6. The largest absolute Gasteiger partial charge is 0.297 e. The third-order valence-corrected chi connectivity index (χ3v) is 7.15. The first kappa shape index (κ1) is 21.4. The Bertz CT molecular complexity index is 1200. The van der Waals surface area contributed by atoms with Gasteiger partial charge in [0.1, 0.15) is 10.7 Å². The molecule has 0 atom stereocenters. The summed E-state index contributed by atoms with van der Waals surface area (Å²) in [4.78, 5) is 49.0. The van der Waals surface area contributed by atoms with Crippen LogP contribution in [0.2, 0.25) is 0 Å². The highest BCUT2D eigenvalue weighted by molar-refractivity contribution is 7.18. The molecule has 4 rings (SSSR count). The second kappa shape index (κ2) is 8.36. The average molecular weight is 439 g/mol. The molecular weight excluding hydrogens is 412 g/mol. The van der Waals surface area contributed by atoms with Gasteiger partial charge in [0.25, 0.3) is 17.4 Å². The third kappa shape index (κ3) is 3.59. The molecule has 0 aliphatic carbocycles. The van der Waals surface area contributed by atoms with Gasteiger partial charge in [-0.25, -0.2) is 4.98 Å². The molecular formula is C23H26N4O3S. The number of imide groups is 1. The zero-order valence-electron chi connectivity index (χ0n) is 18.3. The lowest BCUT2D eigenvalue weighted by Crippen LogP contribution is -2.37. The maximum absolute atomic E-state index is 13.5. The fourth-order valence-electron chi connectivity index (χ4n) is 4.01. The highest BCUT2D eigenvalue weighted by Gasteiger charge is 2.35. The van der Waals surface area contributed by atoms with E-state index >= 15 is 0 Å². The van der Waals surface area contributed by atoms with Crippen LogP contribution >= 0.6 is 11.3 Å². The molecule has 31 heavy (non-hydrogen) atoms. The Morgan fingerprint density at radius 1 is 0.968 bits per heavy atom. The standard InChI is InChI=1S/C23H26N4O3S/c1-5-25(6-2)13-18-24-20-19(14(3)15(4)31-20)23(30)26(18)11-12-27-21(28)16-9-7-8-10-17(16)22(27)29/h7-10H,5-6,11-13H2,1-4H3. The van der Waals surface area contributed by atoms with Crippen LogP contribution in [-0.2, 0) is 13.1 Å². The Balaban J connectivity index is 1.71. The molecule has 1 aliphatic rings. The van der Waals surface area contributed by atoms with Gasteiger partial charge in [-0.15, -0.1) is 11.3 Å². The van der Waals surface area contributed by atoms with Crippen molar-refractivity contribution in [2.45, 2.75) is 40.8 Å². The first-order chi connectivity index (χ1) is 14.9. The number of aryl methyl sites for hydroxylation is 2. The predicted molar refractivity (Wildman–Crippen MR) is 122 cm³/mol. The SMILES string of the molecule is CCN(CC)Cc1nc2sc(C)c(C)c2c(=O)n1CCN1C(=O)c2ccccc2C1=O. The molecule has 1 aromatic carbocycles. The van der Waals surface area contributed by atoms with E-state index in [1.165, 1.54) is 16.2 Å². The molecule has 0 unspecified atom stereocenters. The van der Waals surface area contributed by atoms with Gasteiger partial charge in [-0.2, -0.15) is 0 Å². The van der Waals surface area contributed by atoms with E-state index in [0.717, 1.165) is 28.4 Å². The molecule has 0 radical (unpaired) electrons. The lowest BCUT2D eigenvalue weighted by Gasteiger charge is -2.21. The van der Waals surface area contributed by atoms with Gasteiger partial charge in [0.15, 0.2) is 0 Å². The molecule has 0 bridgehead atoms. The van der Waals surface area contributed by atoms with Crippen LogP contribution in [0.25, 0.3) is 10.2 Å². The van der Waals surface area contributed by atoms with Crippen LogP contribution in [0.15, 0.2) is 29.1 Å². The van der Waals surface area contributed by atoms with E-state index in [9.17, 15) is 14.4 Å². The first-order valence-corrected chi connectivity index (χ1v) is 11.4. The van der Waals surface area contributed by atoms with Crippen molar-refractivity contribution in [3.05, 3.63) is 62.0 Å². The number of benzene rings is 1. The van der Waals surface area contributed by atoms with Crippen LogP contribution in [0.1, 0.15) is 50.8 Å². The third-order valence-electron chi connectivity index (χ3n) is 6.05. The summed E-state index contributed by atoms with van der Waals surface area (Å²) in [5.74, 6) is 0.0464. The van der Waals surface area contributed by atoms with Gasteiger partial charge in [0.2, 0.25) is 0 Å². The summed E-state index contributed by atoms with van der Waals surface area (Å²) in [6, 6.07) is 6.83. The fourth-order valence-corrected chi connectivity index (χ4v) is 5.05. The van der Waals surface area contributed by atoms with Gasteiger partial charge in [-0.05, 0) is 44.6 Å². The Morgan fingerprint density at radius 3 is 2.16 bits per heavy atom. The van der Waals surface area contributed by atoms with Crippen molar-refractivity contribution in [1.82, 2.24) is 19.4 Å². The van der Waals surface area contributed by atoms with Crippen molar-refractivity contribution in [2.75, 3.05) is 19.6 Å². The molecule has 2 aromatic heterocycles. The van der Waals surface area contributed by atoms with Crippen molar-refractivity contribution in [3.63, 3.8) is 0 Å². The number of thiophene rings is 1. The number of fused-ring (bicyclic) bond motifs is 2. The molecule has 162 valence electrons. The van der Waals surface area contributed by atoms with Gasteiger partial charge in [0.05, 0.1) is 23.1 Å². The maximum atomic E-state index is 13.5. The summed E-state index contributed by atoms with van der Waals surface area (Å²) in [5.41, 5.74) is 1.68. The molecule has 8 heteroatoms. The number of aromatic nitrogens is 2. The highest BCUT2D eigenvalue weighted by atomic mass is 32.1. The number of rotatable bonds is 7. The van der Waals surface area contributed by atoms with Crippen LogP contribution in [0, 0.1) is 13.8 Å². The second-order valence-electron chi connectivity index (χ2n) is 7.72. The fraction of sp³-hybridized carbons (Fsp3) is 0.391. The molecule has 0 fully saturated rings. The van der Waals surface area contributed by atoms with Gasteiger partial charge < -0.3 is 0 Å². The number of carbonyl (C=O) groups is 2. The van der Waals surface area contributed by atoms with E-state index in [-0.39, 0.29) is 30.5 Å². The summed E-state index contributed by atoms with van der Waals surface area (Å²) in [6.45, 7) is 10.6. The van der Waals surface area contributed by atoms with Gasteiger partial charge in [-0.1, -0.05) is 26.0 Å². The van der Waals surface area contributed by atoms with E-state index in [4.69, 9.17) is 4.98 Å². The number of amides is 2. The van der Waals surface area contributed by atoms with Gasteiger partial charge in [-0.3, -0.25) is 28.8 Å². The van der Waals surface area contributed by atoms with Crippen molar-refractivity contribution in [1.29, 1.82) is 0 Å². The summed E-state index contributed by atoms with van der Waals surface area (Å²) >= 11 is 1.53. The normalized spacial score (nSPS) is 13.6. The zero-order valence-corrected chi connectivity index (χ0v) is 19.1. The van der Waals surface area contributed by atoms with Crippen molar-refractivity contribution >= 4 is 33.4 Å². The number of carbonyl (C=O) groups excluding carboxylic acids is 2. The van der Waals surface area contributed by atoms with Crippen molar-refractivity contribution in [3.8, 4) is 0 Å². The van der Waals surface area contributed by atoms with Gasteiger partial charge >= 0.3 is 0 Å². The molecule has 0 N–H and O–H groups in total. The molecule has 7 nitrogen and oxygen atoms in total. The molecule has 0 spiro atoms. The Morgan fingerprint density at radius 2 is 1.58 bits per heavy atom. The van der Waals surface area contributed by atoms with Crippen molar-refractivity contribution in [2.24, 2.45) is 0 Å². The Labute approximate surface area is 184 Å². The quantitative estimate of drug-likeness (QED) is 0.530. The zero-order chi connectivity index (χ0) is 22.3. The smallest absolute Gasteiger partial charge is 0.262 e.